The summed E-state index contributed by atoms with van der Waals surface area (Å²) < 4.78 is 5.36. The Morgan fingerprint density at radius 2 is 2.30 bits per heavy atom. The predicted octanol–water partition coefficient (Wildman–Crippen LogP) is 2.81. The van der Waals surface area contributed by atoms with Crippen LogP contribution in [0, 0.1) is 0 Å². The molecule has 2 aliphatic heterocycles. The number of amides is 1. The lowest BCUT2D eigenvalue weighted by atomic mass is 9.95. The summed E-state index contributed by atoms with van der Waals surface area (Å²) in [4.78, 5) is 16.0. The van der Waals surface area contributed by atoms with Gasteiger partial charge in [0.15, 0.2) is 0 Å². The highest BCUT2D eigenvalue weighted by atomic mass is 32.1. The molecule has 4 nitrogen and oxygen atoms in total. The van der Waals surface area contributed by atoms with Gasteiger partial charge in [0.05, 0.1) is 12.8 Å². The number of benzene rings is 1. The molecule has 0 fully saturated rings. The summed E-state index contributed by atoms with van der Waals surface area (Å²) in [6.07, 6.45) is 0.993. The molecule has 1 N–H and O–H groups in total. The second kappa shape index (κ2) is 4.24. The van der Waals surface area contributed by atoms with Crippen LogP contribution >= 0.6 is 11.3 Å². The standard InChI is InChI=1S/C15H14N2O2S/c1-19-11-4-2-3-10-13(11)16-15(18)14-9-6-8-20-12(9)5-7-17(10)14/h2-4,6,8,14H,5,7H2,1H3,(H,16,18). The number of para-hydroxylation sites is 1. The van der Waals surface area contributed by atoms with Gasteiger partial charge in [-0.25, -0.2) is 0 Å². The van der Waals surface area contributed by atoms with Crippen molar-refractivity contribution in [3.63, 3.8) is 0 Å². The average Bonchev–Trinajstić information content (AvgIpc) is 2.94. The van der Waals surface area contributed by atoms with Gasteiger partial charge in [0.25, 0.3) is 5.91 Å². The molecule has 20 heavy (non-hydrogen) atoms. The molecule has 0 aliphatic carbocycles. The third-order valence-electron chi connectivity index (χ3n) is 4.00. The second-order valence-electron chi connectivity index (χ2n) is 4.99. The number of nitrogens with zero attached hydrogens (tertiary/aromatic N) is 1. The fraction of sp³-hybridized carbons (Fsp3) is 0.267. The molecular formula is C15H14N2O2S. The average molecular weight is 286 g/mol. The van der Waals surface area contributed by atoms with E-state index in [2.05, 4.69) is 21.7 Å². The molecule has 0 bridgehead atoms. The van der Waals surface area contributed by atoms with Gasteiger partial charge >= 0.3 is 0 Å². The molecule has 3 heterocycles. The first-order valence-electron chi connectivity index (χ1n) is 6.60. The molecule has 5 heteroatoms. The van der Waals surface area contributed by atoms with Gasteiger partial charge in [-0.15, -0.1) is 11.3 Å². The van der Waals surface area contributed by atoms with Crippen LogP contribution in [0.25, 0.3) is 0 Å². The van der Waals surface area contributed by atoms with Crippen molar-refractivity contribution >= 4 is 28.6 Å². The summed E-state index contributed by atoms with van der Waals surface area (Å²) in [7, 11) is 1.63. The molecule has 1 unspecified atom stereocenters. The molecule has 0 saturated carbocycles. The lowest BCUT2D eigenvalue weighted by Gasteiger charge is -2.41. The van der Waals surface area contributed by atoms with Gasteiger partial charge in [0.2, 0.25) is 0 Å². The van der Waals surface area contributed by atoms with Crippen molar-refractivity contribution in [1.82, 2.24) is 0 Å². The van der Waals surface area contributed by atoms with E-state index in [4.69, 9.17) is 4.74 Å². The number of anilines is 2. The third kappa shape index (κ3) is 1.50. The number of hydrogen-bond donors (Lipinski definition) is 1. The highest BCUT2D eigenvalue weighted by Crippen LogP contribution is 2.46. The molecule has 102 valence electrons. The van der Waals surface area contributed by atoms with E-state index < -0.39 is 0 Å². The molecule has 2 aliphatic rings. The van der Waals surface area contributed by atoms with Crippen LogP contribution < -0.4 is 15.0 Å². The zero-order valence-electron chi connectivity index (χ0n) is 11.1. The largest absolute Gasteiger partial charge is 0.494 e. The van der Waals surface area contributed by atoms with Crippen molar-refractivity contribution in [2.45, 2.75) is 12.5 Å². The van der Waals surface area contributed by atoms with E-state index in [9.17, 15) is 4.79 Å². The van der Waals surface area contributed by atoms with Crippen molar-refractivity contribution in [2.75, 3.05) is 23.9 Å². The van der Waals surface area contributed by atoms with Gasteiger partial charge in [0, 0.05) is 11.4 Å². The molecule has 1 aromatic carbocycles. The number of fused-ring (bicyclic) bond motifs is 5. The molecule has 1 atom stereocenters. The zero-order chi connectivity index (χ0) is 13.7. The van der Waals surface area contributed by atoms with E-state index in [1.54, 1.807) is 18.4 Å². The van der Waals surface area contributed by atoms with Crippen LogP contribution in [0.4, 0.5) is 11.4 Å². The number of nitrogens with one attached hydrogen (secondary N) is 1. The van der Waals surface area contributed by atoms with Crippen LogP contribution in [0.15, 0.2) is 29.6 Å². The first kappa shape index (κ1) is 11.8. The normalized spacial score (nSPS) is 19.8. The Balaban J connectivity index is 1.88. The monoisotopic (exact) mass is 286 g/mol. The Morgan fingerprint density at radius 1 is 1.40 bits per heavy atom. The Bertz CT molecular complexity index is 695. The number of hydrogen-bond acceptors (Lipinski definition) is 4. The topological polar surface area (TPSA) is 41.6 Å². The zero-order valence-corrected chi connectivity index (χ0v) is 11.9. The summed E-state index contributed by atoms with van der Waals surface area (Å²) in [5.74, 6) is 0.742. The van der Waals surface area contributed by atoms with E-state index in [-0.39, 0.29) is 11.9 Å². The van der Waals surface area contributed by atoms with Gasteiger partial charge in [-0.3, -0.25) is 4.79 Å². The van der Waals surface area contributed by atoms with Crippen LogP contribution in [0.1, 0.15) is 16.5 Å². The van der Waals surface area contributed by atoms with Gasteiger partial charge in [-0.1, -0.05) is 6.07 Å². The van der Waals surface area contributed by atoms with Crippen molar-refractivity contribution < 1.29 is 9.53 Å². The Kier molecular flexibility index (Phi) is 2.50. The number of ether oxygens (including phenoxy) is 1. The Labute approximate surface area is 121 Å². The summed E-state index contributed by atoms with van der Waals surface area (Å²) in [6.45, 7) is 0.867. The lowest BCUT2D eigenvalue weighted by molar-refractivity contribution is -0.117. The molecule has 0 radical (unpaired) electrons. The van der Waals surface area contributed by atoms with Crippen LogP contribution in [-0.4, -0.2) is 19.6 Å². The Hall–Kier alpha value is -2.01. The van der Waals surface area contributed by atoms with E-state index in [0.29, 0.717) is 5.75 Å². The van der Waals surface area contributed by atoms with Crippen molar-refractivity contribution in [1.29, 1.82) is 0 Å². The van der Waals surface area contributed by atoms with Gasteiger partial charge in [-0.05, 0) is 35.6 Å². The minimum atomic E-state index is -0.204. The number of rotatable bonds is 1. The number of carbonyl (C=O) groups is 1. The number of methoxy groups -OCH3 is 1. The predicted molar refractivity (Wildman–Crippen MR) is 79.7 cm³/mol. The maximum atomic E-state index is 12.5. The first-order valence-corrected chi connectivity index (χ1v) is 7.48. The van der Waals surface area contributed by atoms with Gasteiger partial charge < -0.3 is 15.0 Å². The van der Waals surface area contributed by atoms with E-state index >= 15 is 0 Å². The SMILES string of the molecule is COc1cccc2c1NC(=O)C1c3ccsc3CCN21. The minimum Gasteiger partial charge on any atom is -0.494 e. The minimum absolute atomic E-state index is 0.0290. The molecular weight excluding hydrogens is 272 g/mol. The summed E-state index contributed by atoms with van der Waals surface area (Å²) in [6, 6.07) is 7.75. The van der Waals surface area contributed by atoms with Crippen LogP contribution in [0.5, 0.6) is 5.75 Å². The molecule has 0 spiro atoms. The first-order chi connectivity index (χ1) is 9.79. The van der Waals surface area contributed by atoms with Crippen molar-refractivity contribution in [3.8, 4) is 5.75 Å². The maximum absolute atomic E-state index is 12.5. The lowest BCUT2D eigenvalue weighted by Crippen LogP contribution is -2.45. The summed E-state index contributed by atoms with van der Waals surface area (Å²) >= 11 is 1.74. The van der Waals surface area contributed by atoms with Crippen LogP contribution in [-0.2, 0) is 11.2 Å². The molecule has 1 aromatic heterocycles. The molecule has 2 aromatic rings. The van der Waals surface area contributed by atoms with Crippen LogP contribution in [0.2, 0.25) is 0 Å². The fourth-order valence-electron chi connectivity index (χ4n) is 3.10. The highest BCUT2D eigenvalue weighted by molar-refractivity contribution is 7.10. The molecule has 0 saturated heterocycles. The summed E-state index contributed by atoms with van der Waals surface area (Å²) in [5.41, 5.74) is 2.98. The van der Waals surface area contributed by atoms with E-state index in [1.807, 2.05) is 18.2 Å². The van der Waals surface area contributed by atoms with Crippen molar-refractivity contribution in [2.24, 2.45) is 0 Å². The molecule has 1 amide bonds. The Morgan fingerprint density at radius 3 is 3.15 bits per heavy atom. The van der Waals surface area contributed by atoms with Crippen molar-refractivity contribution in [3.05, 3.63) is 40.1 Å². The van der Waals surface area contributed by atoms with Gasteiger partial charge in [0.1, 0.15) is 17.5 Å². The third-order valence-corrected chi connectivity index (χ3v) is 4.99. The van der Waals surface area contributed by atoms with Crippen LogP contribution in [0.3, 0.4) is 0 Å². The smallest absolute Gasteiger partial charge is 0.251 e. The second-order valence-corrected chi connectivity index (χ2v) is 5.99. The maximum Gasteiger partial charge on any atom is 0.251 e. The van der Waals surface area contributed by atoms with Gasteiger partial charge in [-0.2, -0.15) is 0 Å². The quantitative estimate of drug-likeness (QED) is 0.876. The summed E-state index contributed by atoms with van der Waals surface area (Å²) in [5, 5.41) is 5.08. The van der Waals surface area contributed by atoms with E-state index in [0.717, 1.165) is 29.9 Å². The van der Waals surface area contributed by atoms with E-state index in [1.165, 1.54) is 4.88 Å². The number of thiophene rings is 1. The number of carbonyl (C=O) groups excluding carboxylic acids is 1. The fourth-order valence-corrected chi connectivity index (χ4v) is 4.01. The highest BCUT2D eigenvalue weighted by Gasteiger charge is 2.39. The molecule has 4 rings (SSSR count).